The third-order valence-corrected chi connectivity index (χ3v) is 3.15. The summed E-state index contributed by atoms with van der Waals surface area (Å²) in [4.78, 5) is 11.9. The highest BCUT2D eigenvalue weighted by atomic mass is 16.2. The van der Waals surface area contributed by atoms with Gasteiger partial charge in [0.05, 0.1) is 5.92 Å². The van der Waals surface area contributed by atoms with Crippen molar-refractivity contribution in [2.75, 3.05) is 7.05 Å². The standard InChI is InChI=1S/C14H22N2O/c1-9(2)12-7-6-10(3)13(8-12)11(4)14(17)16(5)15/h6-9,11H,15H2,1-5H3. The number of hydrazine groups is 1. The van der Waals surface area contributed by atoms with E-state index < -0.39 is 0 Å². The topological polar surface area (TPSA) is 46.3 Å². The van der Waals surface area contributed by atoms with Crippen molar-refractivity contribution in [2.24, 2.45) is 5.84 Å². The summed E-state index contributed by atoms with van der Waals surface area (Å²) in [5.74, 6) is 5.72. The fraction of sp³-hybridized carbons (Fsp3) is 0.500. The van der Waals surface area contributed by atoms with E-state index >= 15 is 0 Å². The maximum Gasteiger partial charge on any atom is 0.243 e. The third-order valence-electron chi connectivity index (χ3n) is 3.15. The van der Waals surface area contributed by atoms with Crippen molar-refractivity contribution < 1.29 is 4.79 Å². The number of rotatable bonds is 3. The van der Waals surface area contributed by atoms with E-state index in [9.17, 15) is 4.79 Å². The Morgan fingerprint density at radius 3 is 2.35 bits per heavy atom. The van der Waals surface area contributed by atoms with Crippen LogP contribution in [-0.4, -0.2) is 18.0 Å². The van der Waals surface area contributed by atoms with E-state index in [1.54, 1.807) is 7.05 Å². The molecule has 0 radical (unpaired) electrons. The predicted molar refractivity (Wildman–Crippen MR) is 70.6 cm³/mol. The number of carbonyl (C=O) groups excluding carboxylic acids is 1. The van der Waals surface area contributed by atoms with Crippen LogP contribution >= 0.6 is 0 Å². The van der Waals surface area contributed by atoms with Gasteiger partial charge >= 0.3 is 0 Å². The summed E-state index contributed by atoms with van der Waals surface area (Å²) in [5, 5.41) is 1.16. The Morgan fingerprint density at radius 2 is 1.88 bits per heavy atom. The van der Waals surface area contributed by atoms with Crippen molar-refractivity contribution in [1.82, 2.24) is 5.01 Å². The van der Waals surface area contributed by atoms with Crippen LogP contribution in [-0.2, 0) is 4.79 Å². The summed E-state index contributed by atoms with van der Waals surface area (Å²) in [6.07, 6.45) is 0. The lowest BCUT2D eigenvalue weighted by molar-refractivity contribution is -0.131. The van der Waals surface area contributed by atoms with Gasteiger partial charge in [0.1, 0.15) is 0 Å². The zero-order chi connectivity index (χ0) is 13.2. The van der Waals surface area contributed by atoms with Gasteiger partial charge in [-0.15, -0.1) is 0 Å². The predicted octanol–water partition coefficient (Wildman–Crippen LogP) is 2.55. The first kappa shape index (κ1) is 13.7. The van der Waals surface area contributed by atoms with Crippen LogP contribution in [0, 0.1) is 6.92 Å². The summed E-state index contributed by atoms with van der Waals surface area (Å²) < 4.78 is 0. The second-order valence-corrected chi connectivity index (χ2v) is 4.94. The van der Waals surface area contributed by atoms with Gasteiger partial charge in [0.15, 0.2) is 0 Å². The first-order valence-corrected chi connectivity index (χ1v) is 5.97. The smallest absolute Gasteiger partial charge is 0.243 e. The molecule has 1 unspecified atom stereocenters. The molecule has 1 amide bonds. The first-order valence-electron chi connectivity index (χ1n) is 5.97. The van der Waals surface area contributed by atoms with Crippen LogP contribution in [0.3, 0.4) is 0 Å². The molecular formula is C14H22N2O. The molecule has 0 saturated heterocycles. The maximum absolute atomic E-state index is 11.9. The molecule has 0 spiro atoms. The lowest BCUT2D eigenvalue weighted by atomic mass is 9.91. The highest BCUT2D eigenvalue weighted by Crippen LogP contribution is 2.25. The molecule has 0 fully saturated rings. The molecular weight excluding hydrogens is 212 g/mol. The summed E-state index contributed by atoms with van der Waals surface area (Å²) in [6.45, 7) is 8.23. The molecule has 94 valence electrons. The first-order chi connectivity index (χ1) is 7.84. The summed E-state index contributed by atoms with van der Waals surface area (Å²) in [6, 6.07) is 6.31. The molecule has 0 bridgehead atoms. The number of carbonyl (C=O) groups is 1. The van der Waals surface area contributed by atoms with Crippen LogP contribution in [0.4, 0.5) is 0 Å². The van der Waals surface area contributed by atoms with Crippen molar-refractivity contribution in [3.63, 3.8) is 0 Å². The molecule has 0 saturated carbocycles. The number of likely N-dealkylation sites (N-methyl/N-ethyl adjacent to an activating group) is 1. The van der Waals surface area contributed by atoms with Crippen molar-refractivity contribution >= 4 is 5.91 Å². The molecule has 3 heteroatoms. The molecule has 1 atom stereocenters. The van der Waals surface area contributed by atoms with Gasteiger partial charge in [-0.2, -0.15) is 0 Å². The normalized spacial score (nSPS) is 12.6. The Bertz CT molecular complexity index is 411. The zero-order valence-corrected chi connectivity index (χ0v) is 11.3. The molecule has 0 aliphatic rings. The second-order valence-electron chi connectivity index (χ2n) is 4.94. The van der Waals surface area contributed by atoms with Crippen LogP contribution in [0.25, 0.3) is 0 Å². The number of amides is 1. The van der Waals surface area contributed by atoms with E-state index in [1.807, 2.05) is 13.8 Å². The van der Waals surface area contributed by atoms with Gasteiger partial charge < -0.3 is 0 Å². The molecule has 17 heavy (non-hydrogen) atoms. The minimum atomic E-state index is -0.191. The fourth-order valence-corrected chi connectivity index (χ4v) is 1.92. The summed E-state index contributed by atoms with van der Waals surface area (Å²) in [7, 11) is 1.58. The van der Waals surface area contributed by atoms with Gasteiger partial charge in [-0.25, -0.2) is 5.84 Å². The highest BCUT2D eigenvalue weighted by Gasteiger charge is 2.19. The lowest BCUT2D eigenvalue weighted by Gasteiger charge is -2.19. The lowest BCUT2D eigenvalue weighted by Crippen LogP contribution is -2.36. The van der Waals surface area contributed by atoms with E-state index in [1.165, 1.54) is 5.56 Å². The minimum absolute atomic E-state index is 0.0611. The van der Waals surface area contributed by atoms with Crippen LogP contribution in [0.2, 0.25) is 0 Å². The number of hydrogen-bond donors (Lipinski definition) is 1. The van der Waals surface area contributed by atoms with Crippen molar-refractivity contribution in [2.45, 2.75) is 39.5 Å². The SMILES string of the molecule is Cc1ccc(C(C)C)cc1C(C)C(=O)N(C)N. The molecule has 0 heterocycles. The Labute approximate surface area is 104 Å². The van der Waals surface area contributed by atoms with E-state index in [4.69, 9.17) is 5.84 Å². The fourth-order valence-electron chi connectivity index (χ4n) is 1.92. The Balaban J connectivity index is 3.12. The van der Waals surface area contributed by atoms with Crippen LogP contribution < -0.4 is 5.84 Å². The van der Waals surface area contributed by atoms with Gasteiger partial charge in [-0.1, -0.05) is 32.0 Å². The largest absolute Gasteiger partial charge is 0.283 e. The van der Waals surface area contributed by atoms with Crippen molar-refractivity contribution in [3.05, 3.63) is 34.9 Å². The van der Waals surface area contributed by atoms with Gasteiger partial charge in [0.2, 0.25) is 5.91 Å². The van der Waals surface area contributed by atoms with Crippen molar-refractivity contribution in [1.29, 1.82) is 0 Å². The molecule has 0 aliphatic heterocycles. The van der Waals surface area contributed by atoms with E-state index in [2.05, 4.69) is 32.0 Å². The molecule has 2 N–H and O–H groups in total. The number of nitrogens with zero attached hydrogens (tertiary/aromatic N) is 1. The Kier molecular flexibility index (Phi) is 4.29. The monoisotopic (exact) mass is 234 g/mol. The number of nitrogens with two attached hydrogens (primary N) is 1. The summed E-state index contributed by atoms with van der Waals surface area (Å²) in [5.41, 5.74) is 3.46. The minimum Gasteiger partial charge on any atom is -0.283 e. The molecule has 1 aromatic rings. The van der Waals surface area contributed by atoms with Crippen LogP contribution in [0.5, 0.6) is 0 Å². The molecule has 0 aromatic heterocycles. The van der Waals surface area contributed by atoms with Gasteiger partial charge in [0.25, 0.3) is 0 Å². The molecule has 1 rings (SSSR count). The molecule has 0 aliphatic carbocycles. The second kappa shape index (κ2) is 5.32. The number of hydrogen-bond acceptors (Lipinski definition) is 2. The van der Waals surface area contributed by atoms with E-state index in [0.29, 0.717) is 5.92 Å². The number of benzene rings is 1. The van der Waals surface area contributed by atoms with Gasteiger partial charge in [-0.05, 0) is 36.5 Å². The van der Waals surface area contributed by atoms with Gasteiger partial charge in [-0.3, -0.25) is 9.80 Å². The number of aryl methyl sites for hydroxylation is 1. The van der Waals surface area contributed by atoms with E-state index in [0.717, 1.165) is 16.1 Å². The molecule has 1 aromatic carbocycles. The van der Waals surface area contributed by atoms with Crippen LogP contribution in [0.1, 0.15) is 49.3 Å². The maximum atomic E-state index is 11.9. The highest BCUT2D eigenvalue weighted by molar-refractivity contribution is 5.83. The average Bonchev–Trinajstić information content (AvgIpc) is 2.27. The van der Waals surface area contributed by atoms with E-state index in [-0.39, 0.29) is 11.8 Å². The third kappa shape index (κ3) is 3.07. The zero-order valence-electron chi connectivity index (χ0n) is 11.3. The Hall–Kier alpha value is -1.35. The molecule has 3 nitrogen and oxygen atoms in total. The van der Waals surface area contributed by atoms with Crippen LogP contribution in [0.15, 0.2) is 18.2 Å². The average molecular weight is 234 g/mol. The van der Waals surface area contributed by atoms with Gasteiger partial charge in [0, 0.05) is 7.05 Å². The van der Waals surface area contributed by atoms with Crippen molar-refractivity contribution in [3.8, 4) is 0 Å². The Morgan fingerprint density at radius 1 is 1.29 bits per heavy atom. The quantitative estimate of drug-likeness (QED) is 0.496. The summed E-state index contributed by atoms with van der Waals surface area (Å²) >= 11 is 0.